The lowest BCUT2D eigenvalue weighted by Gasteiger charge is -2.26. The number of nitrogens with one attached hydrogen (secondary N) is 1. The molecule has 1 aliphatic heterocycles. The molecule has 8 heteroatoms. The van der Waals surface area contributed by atoms with Crippen LogP contribution in [0.1, 0.15) is 43.7 Å². The van der Waals surface area contributed by atoms with E-state index >= 15 is 0 Å². The van der Waals surface area contributed by atoms with E-state index in [1.165, 1.54) is 23.5 Å². The molecule has 1 N–H and O–H groups in total. The Labute approximate surface area is 190 Å². The van der Waals surface area contributed by atoms with Crippen molar-refractivity contribution in [3.05, 3.63) is 47.5 Å². The third-order valence-electron chi connectivity index (χ3n) is 5.80. The maximum absolute atomic E-state index is 13.1. The maximum Gasteiger partial charge on any atom is 0.265 e. The number of hydrogen-bond acceptors (Lipinski definition) is 5. The monoisotopic (exact) mass is 460 g/mol. The van der Waals surface area contributed by atoms with Crippen LogP contribution in [0.25, 0.3) is 0 Å². The number of aryl methyl sites for hydroxylation is 2. The highest BCUT2D eigenvalue weighted by Crippen LogP contribution is 2.30. The van der Waals surface area contributed by atoms with Crippen LogP contribution in [-0.2, 0) is 14.8 Å². The van der Waals surface area contributed by atoms with Crippen molar-refractivity contribution in [3.8, 4) is 11.5 Å². The predicted molar refractivity (Wildman–Crippen MR) is 125 cm³/mol. The van der Waals surface area contributed by atoms with Crippen LogP contribution in [0.3, 0.4) is 0 Å². The van der Waals surface area contributed by atoms with Crippen LogP contribution in [0.15, 0.2) is 41.3 Å². The molecule has 1 amide bonds. The minimum Gasteiger partial charge on any atom is -0.495 e. The Kier molecular flexibility index (Phi) is 7.79. The number of nitrogens with zero attached hydrogens (tertiary/aromatic N) is 1. The summed E-state index contributed by atoms with van der Waals surface area (Å²) >= 11 is 0. The van der Waals surface area contributed by atoms with Crippen LogP contribution in [0, 0.1) is 13.8 Å². The van der Waals surface area contributed by atoms with E-state index in [2.05, 4.69) is 5.32 Å². The number of ether oxygens (including phenoxy) is 2. The average molecular weight is 461 g/mol. The van der Waals surface area contributed by atoms with Gasteiger partial charge in [-0.05, 0) is 74.6 Å². The second-order valence-electron chi connectivity index (χ2n) is 8.08. The van der Waals surface area contributed by atoms with E-state index in [-0.39, 0.29) is 10.8 Å². The van der Waals surface area contributed by atoms with Crippen molar-refractivity contribution in [3.63, 3.8) is 0 Å². The summed E-state index contributed by atoms with van der Waals surface area (Å²) in [6.45, 7) is 6.89. The lowest BCUT2D eigenvalue weighted by Crippen LogP contribution is -2.35. The molecule has 174 valence electrons. The van der Waals surface area contributed by atoms with E-state index in [9.17, 15) is 13.2 Å². The zero-order valence-corrected chi connectivity index (χ0v) is 20.0. The number of methoxy groups -OCH3 is 1. The Bertz CT molecular complexity index is 1060. The average Bonchev–Trinajstić information content (AvgIpc) is 2.80. The summed E-state index contributed by atoms with van der Waals surface area (Å²) in [5, 5.41) is 2.80. The molecule has 2 aromatic rings. The van der Waals surface area contributed by atoms with Crippen molar-refractivity contribution in [1.29, 1.82) is 0 Å². The molecule has 32 heavy (non-hydrogen) atoms. The molecule has 0 spiro atoms. The van der Waals surface area contributed by atoms with Gasteiger partial charge in [0.05, 0.1) is 17.7 Å². The van der Waals surface area contributed by atoms with E-state index in [0.29, 0.717) is 36.7 Å². The summed E-state index contributed by atoms with van der Waals surface area (Å²) in [6, 6.07) is 10.2. The predicted octanol–water partition coefficient (Wildman–Crippen LogP) is 4.28. The molecule has 0 saturated carbocycles. The van der Waals surface area contributed by atoms with Gasteiger partial charge in [-0.15, -0.1) is 0 Å². The van der Waals surface area contributed by atoms with Crippen LogP contribution in [0.4, 0.5) is 5.69 Å². The highest BCUT2D eigenvalue weighted by atomic mass is 32.2. The summed E-state index contributed by atoms with van der Waals surface area (Å²) in [6.07, 6.45) is 2.46. The SMILES string of the molecule is CCC(Oc1ccc(C)c(C)c1)C(=O)Nc1cc(S(=O)(=O)N2CCCCC2)ccc1OC. The fraction of sp³-hybridized carbons (Fsp3) is 0.458. The van der Waals surface area contributed by atoms with Gasteiger partial charge in [0.15, 0.2) is 6.10 Å². The third-order valence-corrected chi connectivity index (χ3v) is 7.70. The minimum absolute atomic E-state index is 0.138. The number of benzene rings is 2. The molecule has 1 heterocycles. The van der Waals surface area contributed by atoms with Crippen molar-refractivity contribution < 1.29 is 22.7 Å². The lowest BCUT2D eigenvalue weighted by atomic mass is 10.1. The Morgan fingerprint density at radius 2 is 1.78 bits per heavy atom. The summed E-state index contributed by atoms with van der Waals surface area (Å²) in [7, 11) is -2.15. The number of carbonyl (C=O) groups is 1. The summed E-state index contributed by atoms with van der Waals surface area (Å²) in [5.74, 6) is 0.636. The zero-order valence-electron chi connectivity index (χ0n) is 19.2. The molecule has 0 bridgehead atoms. The number of rotatable bonds is 8. The summed E-state index contributed by atoms with van der Waals surface area (Å²) in [5.41, 5.74) is 2.53. The van der Waals surface area contributed by atoms with Gasteiger partial charge in [-0.2, -0.15) is 4.31 Å². The van der Waals surface area contributed by atoms with E-state index in [1.54, 1.807) is 6.07 Å². The van der Waals surface area contributed by atoms with E-state index in [4.69, 9.17) is 9.47 Å². The van der Waals surface area contributed by atoms with Gasteiger partial charge in [-0.25, -0.2) is 8.42 Å². The fourth-order valence-electron chi connectivity index (χ4n) is 3.69. The largest absolute Gasteiger partial charge is 0.495 e. The Balaban J connectivity index is 1.81. The van der Waals surface area contributed by atoms with Gasteiger partial charge in [0.2, 0.25) is 10.0 Å². The fourth-order valence-corrected chi connectivity index (χ4v) is 5.23. The van der Waals surface area contributed by atoms with Crippen LogP contribution in [0.5, 0.6) is 11.5 Å². The minimum atomic E-state index is -3.63. The molecule has 0 aliphatic carbocycles. The zero-order chi connectivity index (χ0) is 23.3. The topological polar surface area (TPSA) is 84.9 Å². The third kappa shape index (κ3) is 5.42. The van der Waals surface area contributed by atoms with Crippen molar-refractivity contribution in [2.75, 3.05) is 25.5 Å². The van der Waals surface area contributed by atoms with Gasteiger partial charge in [-0.3, -0.25) is 4.79 Å². The van der Waals surface area contributed by atoms with Crippen LogP contribution >= 0.6 is 0 Å². The normalized spacial score (nSPS) is 15.8. The van der Waals surface area contributed by atoms with Crippen molar-refractivity contribution >= 4 is 21.6 Å². The molecule has 1 saturated heterocycles. The highest BCUT2D eigenvalue weighted by Gasteiger charge is 2.27. The molecular weight excluding hydrogens is 428 g/mol. The molecule has 3 rings (SSSR count). The summed E-state index contributed by atoms with van der Waals surface area (Å²) < 4.78 is 38.9. The number of anilines is 1. The Hall–Kier alpha value is -2.58. The lowest BCUT2D eigenvalue weighted by molar-refractivity contribution is -0.122. The molecular formula is C24H32N2O5S. The number of sulfonamides is 1. The molecule has 1 fully saturated rings. The molecule has 1 unspecified atom stereocenters. The van der Waals surface area contributed by atoms with E-state index in [1.807, 2.05) is 39.0 Å². The standard InChI is InChI=1S/C24H32N2O5S/c1-5-22(31-19-10-9-17(2)18(3)15-19)24(27)25-21-16-20(11-12-23(21)30-4)32(28,29)26-13-7-6-8-14-26/h9-12,15-16,22H,5-8,13-14H2,1-4H3,(H,25,27). The van der Waals surface area contributed by atoms with E-state index < -0.39 is 16.1 Å². The first-order valence-electron chi connectivity index (χ1n) is 11.0. The van der Waals surface area contributed by atoms with Gasteiger partial charge in [0.25, 0.3) is 5.91 Å². The Morgan fingerprint density at radius 3 is 2.41 bits per heavy atom. The summed E-state index contributed by atoms with van der Waals surface area (Å²) in [4.78, 5) is 13.1. The van der Waals surface area contributed by atoms with Gasteiger partial charge < -0.3 is 14.8 Å². The molecule has 0 aromatic heterocycles. The first-order valence-corrected chi connectivity index (χ1v) is 12.4. The van der Waals surface area contributed by atoms with Crippen molar-refractivity contribution in [2.45, 2.75) is 57.5 Å². The van der Waals surface area contributed by atoms with Gasteiger partial charge >= 0.3 is 0 Å². The van der Waals surface area contributed by atoms with Crippen LogP contribution < -0.4 is 14.8 Å². The molecule has 1 atom stereocenters. The Morgan fingerprint density at radius 1 is 1.06 bits per heavy atom. The first kappa shape index (κ1) is 24.1. The second kappa shape index (κ2) is 10.4. The first-order chi connectivity index (χ1) is 15.3. The molecule has 7 nitrogen and oxygen atoms in total. The van der Waals surface area contributed by atoms with Gasteiger partial charge in [0.1, 0.15) is 11.5 Å². The molecule has 2 aromatic carbocycles. The number of carbonyl (C=O) groups excluding carboxylic acids is 1. The number of amides is 1. The number of hydrogen-bond donors (Lipinski definition) is 1. The smallest absolute Gasteiger partial charge is 0.265 e. The van der Waals surface area contributed by atoms with Crippen LogP contribution in [-0.4, -0.2) is 44.9 Å². The van der Waals surface area contributed by atoms with Crippen molar-refractivity contribution in [1.82, 2.24) is 4.31 Å². The van der Waals surface area contributed by atoms with Crippen molar-refractivity contribution in [2.24, 2.45) is 0 Å². The van der Waals surface area contributed by atoms with Gasteiger partial charge in [-0.1, -0.05) is 19.4 Å². The maximum atomic E-state index is 13.1. The highest BCUT2D eigenvalue weighted by molar-refractivity contribution is 7.89. The quantitative estimate of drug-likeness (QED) is 0.635. The van der Waals surface area contributed by atoms with Gasteiger partial charge in [0, 0.05) is 13.1 Å². The van der Waals surface area contributed by atoms with E-state index in [0.717, 1.165) is 30.4 Å². The molecule has 0 radical (unpaired) electrons. The molecule has 1 aliphatic rings. The number of piperidine rings is 1. The van der Waals surface area contributed by atoms with Crippen LogP contribution in [0.2, 0.25) is 0 Å². The second-order valence-corrected chi connectivity index (χ2v) is 10.0.